The Hall–Kier alpha value is -3.16. The fraction of sp³-hybridized carbons (Fsp3) is 0.130. The molecular formula is C23H19FN2O3S. The van der Waals surface area contributed by atoms with Gasteiger partial charge < -0.3 is 5.11 Å². The van der Waals surface area contributed by atoms with Gasteiger partial charge in [-0.2, -0.15) is 0 Å². The van der Waals surface area contributed by atoms with E-state index in [-0.39, 0.29) is 17.4 Å². The normalized spacial score (nSPS) is 12.8. The lowest BCUT2D eigenvalue weighted by Gasteiger charge is -2.13. The quantitative estimate of drug-likeness (QED) is 0.490. The topological polar surface area (TPSA) is 80.2 Å². The fourth-order valence-corrected chi connectivity index (χ4v) is 3.91. The lowest BCUT2D eigenvalue weighted by Crippen LogP contribution is -2.10. The van der Waals surface area contributed by atoms with Gasteiger partial charge >= 0.3 is 0 Å². The second kappa shape index (κ2) is 7.93. The average molecular weight is 422 g/mol. The van der Waals surface area contributed by atoms with Gasteiger partial charge in [0.2, 0.25) is 15.0 Å². The highest BCUT2D eigenvalue weighted by Gasteiger charge is 2.19. The molecule has 4 rings (SSSR count). The summed E-state index contributed by atoms with van der Waals surface area (Å²) in [7, 11) is -3.70. The van der Waals surface area contributed by atoms with Gasteiger partial charge in [-0.15, -0.1) is 0 Å². The lowest BCUT2D eigenvalue weighted by molar-refractivity contribution is 0.177. The Labute approximate surface area is 173 Å². The van der Waals surface area contributed by atoms with E-state index in [1.54, 1.807) is 48.5 Å². The minimum absolute atomic E-state index is 0.112. The Morgan fingerprint density at radius 3 is 2.30 bits per heavy atom. The smallest absolute Gasteiger partial charge is 0.247 e. The molecule has 30 heavy (non-hydrogen) atoms. The average Bonchev–Trinajstić information content (AvgIpc) is 2.74. The maximum absolute atomic E-state index is 14.2. The van der Waals surface area contributed by atoms with Crippen molar-refractivity contribution in [2.24, 2.45) is 0 Å². The summed E-state index contributed by atoms with van der Waals surface area (Å²) in [5, 5.41) is 11.3. The van der Waals surface area contributed by atoms with Crippen molar-refractivity contribution in [2.45, 2.75) is 17.7 Å². The summed E-state index contributed by atoms with van der Waals surface area (Å²) in [6.45, 7) is 0. The van der Waals surface area contributed by atoms with E-state index >= 15 is 0 Å². The number of hydrogen-bond acceptors (Lipinski definition) is 5. The van der Waals surface area contributed by atoms with E-state index in [0.717, 1.165) is 6.26 Å². The first-order valence-electron chi connectivity index (χ1n) is 9.31. The first-order chi connectivity index (χ1) is 14.3. The molecule has 0 amide bonds. The molecule has 0 spiro atoms. The van der Waals surface area contributed by atoms with Crippen LogP contribution in [0.25, 0.3) is 22.0 Å². The molecule has 1 aromatic heterocycles. The minimum atomic E-state index is -3.70. The summed E-state index contributed by atoms with van der Waals surface area (Å²) in [6.07, 6.45) is 0.291. The van der Waals surface area contributed by atoms with E-state index in [4.69, 9.17) is 0 Å². The van der Waals surface area contributed by atoms with Crippen LogP contribution in [0, 0.1) is 5.82 Å². The zero-order valence-corrected chi connectivity index (χ0v) is 17.0. The standard InChI is InChI=1S/C23H19FN2O3S/c1-30(28,29)23-25-16(14-22(27)15-7-3-2-4-8-15)13-21(26-23)19-11-12-20(24)18-10-6-5-9-17(18)19/h2-13,22,27H,14H2,1H3. The molecule has 0 aliphatic rings. The van der Waals surface area contributed by atoms with E-state index in [2.05, 4.69) is 9.97 Å². The van der Waals surface area contributed by atoms with Crippen molar-refractivity contribution < 1.29 is 17.9 Å². The number of rotatable bonds is 5. The third-order valence-corrected chi connectivity index (χ3v) is 5.67. The van der Waals surface area contributed by atoms with Crippen LogP contribution >= 0.6 is 0 Å². The number of sulfone groups is 1. The van der Waals surface area contributed by atoms with Gasteiger partial charge in [0.05, 0.1) is 11.8 Å². The first-order valence-corrected chi connectivity index (χ1v) is 11.2. The molecule has 0 bridgehead atoms. The van der Waals surface area contributed by atoms with Gasteiger partial charge in [-0.3, -0.25) is 0 Å². The van der Waals surface area contributed by atoms with Gasteiger partial charge in [-0.05, 0) is 29.1 Å². The van der Waals surface area contributed by atoms with E-state index in [0.29, 0.717) is 33.3 Å². The van der Waals surface area contributed by atoms with Crippen LogP contribution in [0.15, 0.2) is 78.0 Å². The molecule has 152 valence electrons. The number of halogens is 1. The number of aliphatic hydroxyl groups is 1. The van der Waals surface area contributed by atoms with Crippen molar-refractivity contribution in [3.8, 4) is 11.3 Å². The maximum atomic E-state index is 14.2. The largest absolute Gasteiger partial charge is 0.388 e. The molecule has 7 heteroatoms. The Kier molecular flexibility index (Phi) is 5.32. The molecule has 0 radical (unpaired) electrons. The SMILES string of the molecule is CS(=O)(=O)c1nc(CC(O)c2ccccc2)cc(-c2ccc(F)c3ccccc23)n1. The van der Waals surface area contributed by atoms with Crippen molar-refractivity contribution in [3.63, 3.8) is 0 Å². The Bertz CT molecular complexity index is 1330. The Morgan fingerprint density at radius 2 is 1.60 bits per heavy atom. The number of benzene rings is 3. The molecule has 0 saturated heterocycles. The van der Waals surface area contributed by atoms with E-state index < -0.39 is 15.9 Å². The summed E-state index contributed by atoms with van der Waals surface area (Å²) >= 11 is 0. The highest BCUT2D eigenvalue weighted by atomic mass is 32.2. The molecule has 1 heterocycles. The van der Waals surface area contributed by atoms with Crippen LogP contribution < -0.4 is 0 Å². The minimum Gasteiger partial charge on any atom is -0.388 e. The zero-order chi connectivity index (χ0) is 21.3. The summed E-state index contributed by atoms with van der Waals surface area (Å²) in [5.41, 5.74) is 2.03. The molecule has 0 saturated carbocycles. The fourth-order valence-electron chi connectivity index (χ4n) is 3.36. The number of nitrogens with zero attached hydrogens (tertiary/aromatic N) is 2. The Morgan fingerprint density at radius 1 is 0.933 bits per heavy atom. The van der Waals surface area contributed by atoms with Crippen LogP contribution in [0.5, 0.6) is 0 Å². The van der Waals surface area contributed by atoms with Gasteiger partial charge in [0, 0.05) is 29.3 Å². The summed E-state index contributed by atoms with van der Waals surface area (Å²) < 4.78 is 38.6. The first kappa shape index (κ1) is 20.1. The third-order valence-electron chi connectivity index (χ3n) is 4.82. The van der Waals surface area contributed by atoms with Gasteiger partial charge in [0.1, 0.15) is 5.82 Å². The molecule has 0 aliphatic carbocycles. The lowest BCUT2D eigenvalue weighted by atomic mass is 10.00. The van der Waals surface area contributed by atoms with E-state index in [9.17, 15) is 17.9 Å². The monoisotopic (exact) mass is 422 g/mol. The van der Waals surface area contributed by atoms with Crippen LogP contribution in [0.4, 0.5) is 4.39 Å². The van der Waals surface area contributed by atoms with Gasteiger partial charge in [-0.25, -0.2) is 22.8 Å². The molecule has 0 aliphatic heterocycles. The van der Waals surface area contributed by atoms with Gasteiger partial charge in [-0.1, -0.05) is 54.6 Å². The van der Waals surface area contributed by atoms with E-state index in [1.807, 2.05) is 18.2 Å². The van der Waals surface area contributed by atoms with Gasteiger partial charge in [0.25, 0.3) is 0 Å². The van der Waals surface area contributed by atoms with Crippen LogP contribution in [0.3, 0.4) is 0 Å². The van der Waals surface area contributed by atoms with Crippen LogP contribution in [0.2, 0.25) is 0 Å². The highest BCUT2D eigenvalue weighted by Crippen LogP contribution is 2.30. The molecule has 4 aromatic rings. The van der Waals surface area contributed by atoms with Crippen LogP contribution in [-0.2, 0) is 16.3 Å². The highest BCUT2D eigenvalue weighted by molar-refractivity contribution is 7.90. The molecule has 1 N–H and O–H groups in total. The molecule has 0 fully saturated rings. The summed E-state index contributed by atoms with van der Waals surface area (Å²) in [4.78, 5) is 8.39. The van der Waals surface area contributed by atoms with Crippen molar-refractivity contribution >= 4 is 20.6 Å². The maximum Gasteiger partial charge on any atom is 0.247 e. The predicted molar refractivity (Wildman–Crippen MR) is 113 cm³/mol. The number of aromatic nitrogens is 2. The molecule has 5 nitrogen and oxygen atoms in total. The van der Waals surface area contributed by atoms with Crippen molar-refractivity contribution in [1.29, 1.82) is 0 Å². The zero-order valence-electron chi connectivity index (χ0n) is 16.2. The third kappa shape index (κ3) is 4.08. The second-order valence-electron chi connectivity index (χ2n) is 7.07. The molecule has 3 aromatic carbocycles. The molecule has 1 atom stereocenters. The molecule has 1 unspecified atom stereocenters. The summed E-state index contributed by atoms with van der Waals surface area (Å²) in [6, 6.07) is 20.5. The second-order valence-corrected chi connectivity index (χ2v) is 8.98. The van der Waals surface area contributed by atoms with Crippen molar-refractivity contribution in [2.75, 3.05) is 6.26 Å². The van der Waals surface area contributed by atoms with Crippen LogP contribution in [0.1, 0.15) is 17.4 Å². The number of fused-ring (bicyclic) bond motifs is 1. The van der Waals surface area contributed by atoms with Gasteiger partial charge in [0.15, 0.2) is 0 Å². The molecular weight excluding hydrogens is 403 g/mol. The van der Waals surface area contributed by atoms with Crippen molar-refractivity contribution in [1.82, 2.24) is 9.97 Å². The van der Waals surface area contributed by atoms with Crippen LogP contribution in [-0.4, -0.2) is 29.7 Å². The van der Waals surface area contributed by atoms with Crippen molar-refractivity contribution in [3.05, 3.63) is 89.9 Å². The number of aliphatic hydroxyl groups excluding tert-OH is 1. The Balaban J connectivity index is 1.85. The summed E-state index contributed by atoms with van der Waals surface area (Å²) in [5.74, 6) is -0.369. The predicted octanol–water partition coefficient (Wildman–Crippen LogP) is 4.12. The number of hydrogen-bond donors (Lipinski definition) is 1. The van der Waals surface area contributed by atoms with E-state index in [1.165, 1.54) is 6.07 Å².